The van der Waals surface area contributed by atoms with Crippen molar-refractivity contribution < 1.29 is 9.47 Å². The van der Waals surface area contributed by atoms with Gasteiger partial charge in [-0.05, 0) is 39.8 Å². The molecule has 0 saturated heterocycles. The van der Waals surface area contributed by atoms with Gasteiger partial charge in [0.1, 0.15) is 0 Å². The van der Waals surface area contributed by atoms with E-state index in [1.165, 1.54) is 43.5 Å². The molecular weight excluding hydrogens is 302 g/mol. The molecule has 0 aromatic carbocycles. The van der Waals surface area contributed by atoms with E-state index in [9.17, 15) is 0 Å². The molecule has 0 atom stereocenters. The van der Waals surface area contributed by atoms with E-state index < -0.39 is 0 Å². The second kappa shape index (κ2) is 10.9. The van der Waals surface area contributed by atoms with Crippen LogP contribution in [0.3, 0.4) is 0 Å². The van der Waals surface area contributed by atoms with Crippen LogP contribution in [0, 0.1) is 6.92 Å². The molecule has 1 aromatic heterocycles. The van der Waals surface area contributed by atoms with Crippen molar-refractivity contribution in [1.82, 2.24) is 14.7 Å². The molecule has 0 N–H and O–H groups in total. The Kier molecular flexibility index (Phi) is 8.78. The van der Waals surface area contributed by atoms with E-state index in [1.54, 1.807) is 0 Å². The van der Waals surface area contributed by atoms with Crippen LogP contribution in [-0.4, -0.2) is 61.2 Å². The van der Waals surface area contributed by atoms with Gasteiger partial charge in [-0.2, -0.15) is 5.10 Å². The quantitative estimate of drug-likeness (QED) is 0.581. The number of nitrogens with zero attached hydrogens (tertiary/aromatic N) is 3. The lowest BCUT2D eigenvalue weighted by Crippen LogP contribution is -2.27. The first-order valence-corrected chi connectivity index (χ1v) is 9.59. The van der Waals surface area contributed by atoms with Gasteiger partial charge >= 0.3 is 0 Å². The average Bonchev–Trinajstić information content (AvgIpc) is 2.96. The third kappa shape index (κ3) is 6.54. The summed E-state index contributed by atoms with van der Waals surface area (Å²) in [7, 11) is 2.11. The van der Waals surface area contributed by atoms with Crippen molar-refractivity contribution in [3.8, 4) is 0 Å². The molecule has 2 rings (SSSR count). The van der Waals surface area contributed by atoms with Crippen LogP contribution in [0.1, 0.15) is 56.5 Å². The summed E-state index contributed by atoms with van der Waals surface area (Å²) in [6.07, 6.45) is 7.55. The normalized spacial score (nSPS) is 16.2. The van der Waals surface area contributed by atoms with Gasteiger partial charge in [-0.1, -0.05) is 19.3 Å². The molecule has 1 aliphatic carbocycles. The summed E-state index contributed by atoms with van der Waals surface area (Å²) in [6, 6.07) is 2.85. The lowest BCUT2D eigenvalue weighted by Gasteiger charge is -2.23. The van der Waals surface area contributed by atoms with Gasteiger partial charge in [-0.15, -0.1) is 0 Å². The fourth-order valence-corrected chi connectivity index (χ4v) is 3.35. The highest BCUT2D eigenvalue weighted by atomic mass is 16.5. The van der Waals surface area contributed by atoms with Gasteiger partial charge in [0.15, 0.2) is 0 Å². The van der Waals surface area contributed by atoms with Crippen LogP contribution in [0.5, 0.6) is 0 Å². The fourth-order valence-electron chi connectivity index (χ4n) is 3.35. The van der Waals surface area contributed by atoms with Crippen LogP contribution in [0.2, 0.25) is 0 Å². The van der Waals surface area contributed by atoms with E-state index in [0.717, 1.165) is 45.9 Å². The first-order chi connectivity index (χ1) is 11.7. The van der Waals surface area contributed by atoms with Crippen LogP contribution >= 0.6 is 0 Å². The number of aryl methyl sites for hydroxylation is 1. The zero-order chi connectivity index (χ0) is 17.2. The van der Waals surface area contributed by atoms with Crippen LogP contribution < -0.4 is 0 Å². The number of likely N-dealkylation sites (N-methyl/N-ethyl adjacent to an activating group) is 1. The molecule has 1 aromatic rings. The van der Waals surface area contributed by atoms with Gasteiger partial charge in [0.2, 0.25) is 0 Å². The van der Waals surface area contributed by atoms with Crippen LogP contribution in [0.25, 0.3) is 0 Å². The van der Waals surface area contributed by atoms with Gasteiger partial charge in [0, 0.05) is 31.8 Å². The van der Waals surface area contributed by atoms with E-state index in [4.69, 9.17) is 14.6 Å². The lowest BCUT2D eigenvalue weighted by molar-refractivity contribution is 0.0893. The van der Waals surface area contributed by atoms with Crippen molar-refractivity contribution in [1.29, 1.82) is 0 Å². The van der Waals surface area contributed by atoms with Crippen molar-refractivity contribution >= 4 is 0 Å². The minimum atomic E-state index is 0.618. The Morgan fingerprint density at radius 3 is 2.54 bits per heavy atom. The Morgan fingerprint density at radius 2 is 1.83 bits per heavy atom. The molecule has 0 bridgehead atoms. The highest BCUT2D eigenvalue weighted by molar-refractivity contribution is 5.10. The first-order valence-electron chi connectivity index (χ1n) is 9.59. The summed E-state index contributed by atoms with van der Waals surface area (Å²) in [5.41, 5.74) is 2.47. The molecule has 0 amide bonds. The molecule has 0 unspecified atom stereocenters. The summed E-state index contributed by atoms with van der Waals surface area (Å²) >= 11 is 0. The van der Waals surface area contributed by atoms with Crippen molar-refractivity contribution in [2.24, 2.45) is 0 Å². The summed E-state index contributed by atoms with van der Waals surface area (Å²) in [6.45, 7) is 9.22. The highest BCUT2D eigenvalue weighted by Crippen LogP contribution is 2.28. The third-order valence-corrected chi connectivity index (χ3v) is 4.83. The molecule has 5 heteroatoms. The molecule has 138 valence electrons. The monoisotopic (exact) mass is 337 g/mol. The maximum atomic E-state index is 5.78. The van der Waals surface area contributed by atoms with Gasteiger partial charge in [-0.3, -0.25) is 4.68 Å². The number of ether oxygens (including phenoxy) is 2. The molecule has 24 heavy (non-hydrogen) atoms. The lowest BCUT2D eigenvalue weighted by atomic mass is 9.95. The number of rotatable bonds is 11. The number of aromatic nitrogens is 2. The van der Waals surface area contributed by atoms with Gasteiger partial charge in [0.25, 0.3) is 0 Å². The maximum absolute atomic E-state index is 5.78. The van der Waals surface area contributed by atoms with Crippen LogP contribution in [0.15, 0.2) is 6.07 Å². The highest BCUT2D eigenvalue weighted by Gasteiger charge is 2.18. The molecule has 1 heterocycles. The van der Waals surface area contributed by atoms with Gasteiger partial charge < -0.3 is 14.4 Å². The third-order valence-electron chi connectivity index (χ3n) is 4.83. The summed E-state index contributed by atoms with van der Waals surface area (Å²) < 4.78 is 13.4. The minimum absolute atomic E-state index is 0.618. The Hall–Kier alpha value is -0.910. The fraction of sp³-hybridized carbons (Fsp3) is 0.842. The zero-order valence-corrected chi connectivity index (χ0v) is 15.8. The molecule has 0 spiro atoms. The van der Waals surface area contributed by atoms with Crippen molar-refractivity contribution in [2.75, 3.05) is 46.6 Å². The van der Waals surface area contributed by atoms with Gasteiger partial charge in [-0.25, -0.2) is 0 Å². The Balaban J connectivity index is 1.62. The van der Waals surface area contributed by atoms with Crippen molar-refractivity contribution in [2.45, 2.75) is 58.4 Å². The minimum Gasteiger partial charge on any atom is -0.380 e. The maximum Gasteiger partial charge on any atom is 0.0650 e. The molecular formula is C19H35N3O2. The predicted molar refractivity (Wildman–Crippen MR) is 97.6 cm³/mol. The Labute approximate surface area is 147 Å². The summed E-state index contributed by atoms with van der Waals surface area (Å²) in [4.78, 5) is 2.25. The number of hydrogen-bond acceptors (Lipinski definition) is 4. The summed E-state index contributed by atoms with van der Waals surface area (Å²) in [5.74, 6) is 0. The Bertz CT molecular complexity index is 455. The standard InChI is InChI=1S/C19H35N3O2/c1-4-23-14-11-21(3)12-15-24-13-10-18-16-17(2)22(20-18)19-8-6-5-7-9-19/h16,19H,4-15H2,1-3H3. The van der Waals surface area contributed by atoms with Gasteiger partial charge in [0.05, 0.1) is 31.6 Å². The molecule has 5 nitrogen and oxygen atoms in total. The van der Waals surface area contributed by atoms with Crippen molar-refractivity contribution in [3.05, 3.63) is 17.5 Å². The second-order valence-corrected chi connectivity index (χ2v) is 6.88. The van der Waals surface area contributed by atoms with E-state index in [0.29, 0.717) is 6.04 Å². The molecule has 1 fully saturated rings. The largest absolute Gasteiger partial charge is 0.380 e. The zero-order valence-electron chi connectivity index (χ0n) is 15.8. The van der Waals surface area contributed by atoms with E-state index in [2.05, 4.69) is 29.6 Å². The molecule has 1 aliphatic rings. The topological polar surface area (TPSA) is 39.5 Å². The molecule has 1 saturated carbocycles. The summed E-state index contributed by atoms with van der Waals surface area (Å²) in [5, 5.41) is 4.83. The average molecular weight is 338 g/mol. The van der Waals surface area contributed by atoms with E-state index in [-0.39, 0.29) is 0 Å². The predicted octanol–water partition coefficient (Wildman–Crippen LogP) is 3.22. The first kappa shape index (κ1) is 19.4. The SMILES string of the molecule is CCOCCN(C)CCOCCc1cc(C)n(C2CCCCC2)n1. The molecule has 0 radical (unpaired) electrons. The number of hydrogen-bond donors (Lipinski definition) is 0. The van der Waals surface area contributed by atoms with E-state index >= 15 is 0 Å². The van der Waals surface area contributed by atoms with Crippen molar-refractivity contribution in [3.63, 3.8) is 0 Å². The van der Waals surface area contributed by atoms with Crippen LogP contribution in [-0.2, 0) is 15.9 Å². The Morgan fingerprint density at radius 1 is 1.12 bits per heavy atom. The van der Waals surface area contributed by atoms with Crippen LogP contribution in [0.4, 0.5) is 0 Å². The van der Waals surface area contributed by atoms with E-state index in [1.807, 2.05) is 6.92 Å². The molecule has 0 aliphatic heterocycles. The smallest absolute Gasteiger partial charge is 0.0650 e. The second-order valence-electron chi connectivity index (χ2n) is 6.88.